The van der Waals surface area contributed by atoms with Gasteiger partial charge in [-0.3, -0.25) is 4.79 Å². The Balaban J connectivity index is 2.23. The predicted molar refractivity (Wildman–Crippen MR) is 81.9 cm³/mol. The lowest BCUT2D eigenvalue weighted by molar-refractivity contribution is 0.0911. The molecule has 0 radical (unpaired) electrons. The van der Waals surface area contributed by atoms with E-state index in [1.807, 2.05) is 17.6 Å². The summed E-state index contributed by atoms with van der Waals surface area (Å²) in [6, 6.07) is 6.27. The summed E-state index contributed by atoms with van der Waals surface area (Å²) >= 11 is 6.20. The van der Waals surface area contributed by atoms with Crippen LogP contribution in [0.15, 0.2) is 24.3 Å². The summed E-state index contributed by atoms with van der Waals surface area (Å²) in [6.07, 6.45) is 1.36. The van der Waals surface area contributed by atoms with Crippen LogP contribution in [0.3, 0.4) is 0 Å². The third-order valence-electron chi connectivity index (χ3n) is 4.02. The number of benzene rings is 1. The fourth-order valence-electron chi connectivity index (χ4n) is 3.15. The Morgan fingerprint density at radius 1 is 1.24 bits per heavy atom. The van der Waals surface area contributed by atoms with Crippen LogP contribution in [0.4, 0.5) is 4.39 Å². The van der Waals surface area contributed by atoms with E-state index < -0.39 is 0 Å². The maximum Gasteiger partial charge on any atom is 0.165 e. The number of carbonyl (C=O) groups excluding carboxylic acids is 1. The van der Waals surface area contributed by atoms with Crippen molar-refractivity contribution in [1.82, 2.24) is 4.57 Å². The van der Waals surface area contributed by atoms with Gasteiger partial charge in [0.05, 0.1) is 10.7 Å². The smallest absolute Gasteiger partial charge is 0.165 e. The van der Waals surface area contributed by atoms with Gasteiger partial charge >= 0.3 is 0 Å². The molecular formula is C17H17ClFNO. The summed E-state index contributed by atoms with van der Waals surface area (Å²) < 4.78 is 15.2. The van der Waals surface area contributed by atoms with Crippen LogP contribution in [0, 0.1) is 18.2 Å². The normalized spacial score (nSPS) is 16.9. The number of aromatic nitrogens is 1. The molecule has 0 amide bonds. The maximum absolute atomic E-state index is 13.3. The van der Waals surface area contributed by atoms with E-state index in [9.17, 15) is 9.18 Å². The first-order valence-electron chi connectivity index (χ1n) is 6.98. The Hall–Kier alpha value is -1.61. The van der Waals surface area contributed by atoms with Crippen molar-refractivity contribution in [2.45, 2.75) is 33.6 Å². The van der Waals surface area contributed by atoms with Crippen LogP contribution in [-0.2, 0) is 6.42 Å². The molecular weight excluding hydrogens is 289 g/mol. The van der Waals surface area contributed by atoms with E-state index in [0.717, 1.165) is 29.1 Å². The van der Waals surface area contributed by atoms with Gasteiger partial charge in [0.1, 0.15) is 5.82 Å². The largest absolute Gasteiger partial charge is 0.316 e. The lowest BCUT2D eigenvalue weighted by atomic mass is 9.76. The first-order chi connectivity index (χ1) is 9.78. The molecule has 0 unspecified atom stereocenters. The molecule has 21 heavy (non-hydrogen) atoms. The highest BCUT2D eigenvalue weighted by Crippen LogP contribution is 2.38. The lowest BCUT2D eigenvalue weighted by Gasteiger charge is -2.30. The standard InChI is InChI=1S/C17H17ClFNO/c1-10-6-12-15(8-17(2,3)9-16(12)21)20(10)14-5-4-11(19)7-13(14)18/h4-7H,8-9H2,1-3H3. The SMILES string of the molecule is Cc1cc2c(n1-c1ccc(F)cc1Cl)CC(C)(C)CC2=O. The van der Waals surface area contributed by atoms with Crippen LogP contribution in [0.1, 0.15) is 42.0 Å². The van der Waals surface area contributed by atoms with E-state index in [4.69, 9.17) is 11.6 Å². The third kappa shape index (κ3) is 2.40. The van der Waals surface area contributed by atoms with Crippen molar-refractivity contribution < 1.29 is 9.18 Å². The lowest BCUT2D eigenvalue weighted by Crippen LogP contribution is -2.27. The second-order valence-electron chi connectivity index (χ2n) is 6.52. The first kappa shape index (κ1) is 14.3. The zero-order valence-corrected chi connectivity index (χ0v) is 13.1. The van der Waals surface area contributed by atoms with Crippen molar-refractivity contribution in [2.24, 2.45) is 5.41 Å². The van der Waals surface area contributed by atoms with Gasteiger partial charge in [-0.25, -0.2) is 4.39 Å². The fourth-order valence-corrected chi connectivity index (χ4v) is 3.40. The topological polar surface area (TPSA) is 22.0 Å². The van der Waals surface area contributed by atoms with Crippen molar-refractivity contribution in [2.75, 3.05) is 0 Å². The van der Waals surface area contributed by atoms with Crippen molar-refractivity contribution in [3.05, 3.63) is 52.1 Å². The van der Waals surface area contributed by atoms with Gasteiger partial charge in [0, 0.05) is 23.4 Å². The fraction of sp³-hybridized carbons (Fsp3) is 0.353. The summed E-state index contributed by atoms with van der Waals surface area (Å²) in [7, 11) is 0. The van der Waals surface area contributed by atoms with Crippen molar-refractivity contribution in [1.29, 1.82) is 0 Å². The number of hydrogen-bond acceptors (Lipinski definition) is 1. The number of nitrogens with zero attached hydrogens (tertiary/aromatic N) is 1. The van der Waals surface area contributed by atoms with E-state index >= 15 is 0 Å². The second-order valence-corrected chi connectivity index (χ2v) is 6.93. The van der Waals surface area contributed by atoms with Gasteiger partial charge in [0.2, 0.25) is 0 Å². The van der Waals surface area contributed by atoms with Crippen LogP contribution in [-0.4, -0.2) is 10.4 Å². The molecule has 0 saturated carbocycles. The quantitative estimate of drug-likeness (QED) is 0.746. The monoisotopic (exact) mass is 305 g/mol. The summed E-state index contributed by atoms with van der Waals surface area (Å²) in [5.74, 6) is -0.194. The molecule has 0 spiro atoms. The number of hydrogen-bond donors (Lipinski definition) is 0. The molecule has 1 aromatic carbocycles. The zero-order valence-electron chi connectivity index (χ0n) is 12.3. The maximum atomic E-state index is 13.3. The van der Waals surface area contributed by atoms with Gasteiger partial charge in [-0.2, -0.15) is 0 Å². The van der Waals surface area contributed by atoms with Crippen LogP contribution in [0.5, 0.6) is 0 Å². The van der Waals surface area contributed by atoms with E-state index in [0.29, 0.717) is 11.4 Å². The minimum absolute atomic E-state index is 0.0703. The highest BCUT2D eigenvalue weighted by atomic mass is 35.5. The van der Waals surface area contributed by atoms with Gasteiger partial charge in [-0.05, 0) is 43.0 Å². The van der Waals surface area contributed by atoms with Crippen LogP contribution < -0.4 is 0 Å². The number of halogens is 2. The molecule has 0 bridgehead atoms. The summed E-state index contributed by atoms with van der Waals surface area (Å²) in [4.78, 5) is 12.3. The van der Waals surface area contributed by atoms with Gasteiger partial charge in [-0.1, -0.05) is 25.4 Å². The molecule has 0 saturated heterocycles. The Bertz CT molecular complexity index is 745. The van der Waals surface area contributed by atoms with E-state index in [-0.39, 0.29) is 17.0 Å². The number of Topliss-reactive ketones (excluding diaryl/α,β-unsaturated/α-hetero) is 1. The van der Waals surface area contributed by atoms with Crippen molar-refractivity contribution >= 4 is 17.4 Å². The minimum atomic E-state index is -0.362. The molecule has 4 heteroatoms. The van der Waals surface area contributed by atoms with Crippen LogP contribution in [0.2, 0.25) is 5.02 Å². The van der Waals surface area contributed by atoms with Crippen molar-refractivity contribution in [3.63, 3.8) is 0 Å². The number of aryl methyl sites for hydroxylation is 1. The first-order valence-corrected chi connectivity index (χ1v) is 7.36. The average molecular weight is 306 g/mol. The van der Waals surface area contributed by atoms with Gasteiger partial charge in [0.15, 0.2) is 5.78 Å². The predicted octanol–water partition coefficient (Wildman–Crippen LogP) is 4.73. The molecule has 1 heterocycles. The average Bonchev–Trinajstić information content (AvgIpc) is 2.65. The van der Waals surface area contributed by atoms with Crippen molar-refractivity contribution in [3.8, 4) is 5.69 Å². The highest BCUT2D eigenvalue weighted by Gasteiger charge is 2.34. The molecule has 0 N–H and O–H groups in total. The number of fused-ring (bicyclic) bond motifs is 1. The Morgan fingerprint density at radius 3 is 2.62 bits per heavy atom. The Kier molecular flexibility index (Phi) is 3.21. The molecule has 0 fully saturated rings. The van der Waals surface area contributed by atoms with Crippen LogP contribution in [0.25, 0.3) is 5.69 Å². The molecule has 2 nitrogen and oxygen atoms in total. The number of carbonyl (C=O) groups is 1. The number of ketones is 1. The molecule has 0 aliphatic heterocycles. The molecule has 1 aromatic heterocycles. The second kappa shape index (κ2) is 4.70. The molecule has 1 aliphatic rings. The zero-order chi connectivity index (χ0) is 15.4. The molecule has 3 rings (SSSR count). The minimum Gasteiger partial charge on any atom is -0.316 e. The van der Waals surface area contributed by atoms with E-state index in [1.54, 1.807) is 6.07 Å². The summed E-state index contributed by atoms with van der Waals surface area (Å²) in [5.41, 5.74) is 3.34. The van der Waals surface area contributed by atoms with E-state index in [2.05, 4.69) is 13.8 Å². The van der Waals surface area contributed by atoms with Gasteiger partial charge in [0.25, 0.3) is 0 Å². The summed E-state index contributed by atoms with van der Waals surface area (Å²) in [6.45, 7) is 6.12. The summed E-state index contributed by atoms with van der Waals surface area (Å²) in [5, 5.41) is 0.354. The highest BCUT2D eigenvalue weighted by molar-refractivity contribution is 6.32. The molecule has 0 atom stereocenters. The Morgan fingerprint density at radius 2 is 1.95 bits per heavy atom. The van der Waals surface area contributed by atoms with E-state index in [1.165, 1.54) is 12.1 Å². The third-order valence-corrected chi connectivity index (χ3v) is 4.33. The molecule has 110 valence electrons. The van der Waals surface area contributed by atoms with Gasteiger partial charge < -0.3 is 4.57 Å². The molecule has 1 aliphatic carbocycles. The molecule has 2 aromatic rings. The van der Waals surface area contributed by atoms with Gasteiger partial charge in [-0.15, -0.1) is 0 Å². The number of rotatable bonds is 1. The Labute approximate surface area is 128 Å². The van der Waals surface area contributed by atoms with Crippen LogP contribution >= 0.6 is 11.6 Å².